The SMILES string of the molecule is Cc1oc(CO)nc1-c1ccc(C(F)(F)F)cc1. The van der Waals surface area contributed by atoms with Crippen molar-refractivity contribution in [3.63, 3.8) is 0 Å². The van der Waals surface area contributed by atoms with Gasteiger partial charge in [-0.05, 0) is 19.1 Å². The number of rotatable bonds is 2. The molecule has 2 aromatic rings. The molecule has 1 aromatic carbocycles. The highest BCUT2D eigenvalue weighted by atomic mass is 19.4. The zero-order valence-electron chi connectivity index (χ0n) is 9.45. The van der Waals surface area contributed by atoms with Crippen molar-refractivity contribution in [2.45, 2.75) is 19.7 Å². The fraction of sp³-hybridized carbons (Fsp3) is 0.250. The van der Waals surface area contributed by atoms with Crippen LogP contribution in [0.5, 0.6) is 0 Å². The quantitative estimate of drug-likeness (QED) is 0.898. The predicted molar refractivity (Wildman–Crippen MR) is 57.6 cm³/mol. The molecule has 0 aliphatic heterocycles. The molecule has 0 saturated heterocycles. The van der Waals surface area contributed by atoms with Gasteiger partial charge in [0, 0.05) is 5.56 Å². The van der Waals surface area contributed by atoms with E-state index in [-0.39, 0.29) is 12.5 Å². The summed E-state index contributed by atoms with van der Waals surface area (Å²) < 4.78 is 42.3. The van der Waals surface area contributed by atoms with Gasteiger partial charge in [-0.1, -0.05) is 12.1 Å². The standard InChI is InChI=1S/C12H10F3NO2/c1-7-11(16-10(6-17)18-7)8-2-4-9(5-3-8)12(13,14)15/h2-5,17H,6H2,1H3. The zero-order valence-corrected chi connectivity index (χ0v) is 9.45. The van der Waals surface area contributed by atoms with Crippen molar-refractivity contribution in [2.75, 3.05) is 0 Å². The van der Waals surface area contributed by atoms with Crippen molar-refractivity contribution in [1.29, 1.82) is 0 Å². The molecule has 0 saturated carbocycles. The lowest BCUT2D eigenvalue weighted by atomic mass is 10.1. The highest BCUT2D eigenvalue weighted by Crippen LogP contribution is 2.31. The van der Waals surface area contributed by atoms with Crippen molar-refractivity contribution in [2.24, 2.45) is 0 Å². The molecule has 0 aliphatic rings. The van der Waals surface area contributed by atoms with Crippen LogP contribution < -0.4 is 0 Å². The molecule has 1 aromatic heterocycles. The molecule has 18 heavy (non-hydrogen) atoms. The van der Waals surface area contributed by atoms with Crippen LogP contribution in [-0.4, -0.2) is 10.1 Å². The smallest absolute Gasteiger partial charge is 0.416 e. The molecule has 2 rings (SSSR count). The van der Waals surface area contributed by atoms with Gasteiger partial charge in [0.15, 0.2) is 0 Å². The van der Waals surface area contributed by atoms with Crippen LogP contribution in [0.25, 0.3) is 11.3 Å². The van der Waals surface area contributed by atoms with Crippen molar-refractivity contribution in [3.8, 4) is 11.3 Å². The average molecular weight is 257 g/mol. The van der Waals surface area contributed by atoms with E-state index in [1.807, 2.05) is 0 Å². The van der Waals surface area contributed by atoms with E-state index >= 15 is 0 Å². The third-order valence-corrected chi connectivity index (χ3v) is 2.46. The van der Waals surface area contributed by atoms with Gasteiger partial charge in [0.25, 0.3) is 0 Å². The van der Waals surface area contributed by atoms with Gasteiger partial charge >= 0.3 is 6.18 Å². The lowest BCUT2D eigenvalue weighted by Gasteiger charge is -2.06. The van der Waals surface area contributed by atoms with Crippen LogP contribution in [0.3, 0.4) is 0 Å². The van der Waals surface area contributed by atoms with Gasteiger partial charge in [0.1, 0.15) is 18.1 Å². The highest BCUT2D eigenvalue weighted by molar-refractivity contribution is 5.61. The molecule has 96 valence electrons. The summed E-state index contributed by atoms with van der Waals surface area (Å²) in [6, 6.07) is 4.63. The summed E-state index contributed by atoms with van der Waals surface area (Å²) in [5, 5.41) is 8.87. The largest absolute Gasteiger partial charge is 0.443 e. The molecule has 0 spiro atoms. The number of alkyl halides is 3. The van der Waals surface area contributed by atoms with Crippen molar-refractivity contribution >= 4 is 0 Å². The number of aliphatic hydroxyl groups excluding tert-OH is 1. The maximum atomic E-state index is 12.4. The predicted octanol–water partition coefficient (Wildman–Crippen LogP) is 3.16. The van der Waals surface area contributed by atoms with E-state index in [0.717, 1.165) is 12.1 Å². The Kier molecular flexibility index (Phi) is 3.13. The summed E-state index contributed by atoms with van der Waals surface area (Å²) in [5.41, 5.74) is 0.242. The van der Waals surface area contributed by atoms with Gasteiger partial charge in [-0.15, -0.1) is 0 Å². The average Bonchev–Trinajstić information content (AvgIpc) is 2.70. The van der Waals surface area contributed by atoms with Gasteiger partial charge < -0.3 is 9.52 Å². The van der Waals surface area contributed by atoms with Crippen LogP contribution in [0.4, 0.5) is 13.2 Å². The Bertz CT molecular complexity index is 543. The molecule has 0 amide bonds. The minimum atomic E-state index is -4.35. The molecule has 6 heteroatoms. The Balaban J connectivity index is 2.37. The second-order valence-corrected chi connectivity index (χ2v) is 3.75. The molecule has 0 unspecified atom stereocenters. The monoisotopic (exact) mass is 257 g/mol. The summed E-state index contributed by atoms with van der Waals surface area (Å²) in [7, 11) is 0. The van der Waals surface area contributed by atoms with Crippen molar-refractivity contribution in [1.82, 2.24) is 4.98 Å². The lowest BCUT2D eigenvalue weighted by Crippen LogP contribution is -2.04. The zero-order chi connectivity index (χ0) is 13.3. The Hall–Kier alpha value is -1.82. The molecule has 3 nitrogen and oxygen atoms in total. The summed E-state index contributed by atoms with van der Waals surface area (Å²) in [6.45, 7) is 1.29. The van der Waals surface area contributed by atoms with Crippen LogP contribution in [0.15, 0.2) is 28.7 Å². The number of hydrogen-bond acceptors (Lipinski definition) is 3. The molecule has 0 bridgehead atoms. The maximum Gasteiger partial charge on any atom is 0.416 e. The number of aryl methyl sites for hydroxylation is 1. The number of oxazole rings is 1. The number of nitrogens with zero attached hydrogens (tertiary/aromatic N) is 1. The minimum absolute atomic E-state index is 0.141. The van der Waals surface area contributed by atoms with Crippen LogP contribution in [0, 0.1) is 6.92 Å². The maximum absolute atomic E-state index is 12.4. The van der Waals surface area contributed by atoms with E-state index in [9.17, 15) is 13.2 Å². The van der Waals surface area contributed by atoms with E-state index in [4.69, 9.17) is 9.52 Å². The van der Waals surface area contributed by atoms with E-state index in [2.05, 4.69) is 4.98 Å². The fourth-order valence-corrected chi connectivity index (χ4v) is 1.60. The van der Waals surface area contributed by atoms with Gasteiger partial charge in [-0.3, -0.25) is 0 Å². The second-order valence-electron chi connectivity index (χ2n) is 3.75. The van der Waals surface area contributed by atoms with Crippen molar-refractivity contribution < 1.29 is 22.7 Å². The van der Waals surface area contributed by atoms with E-state index in [0.29, 0.717) is 17.0 Å². The molecule has 0 fully saturated rings. The first-order chi connectivity index (χ1) is 8.41. The Morgan fingerprint density at radius 2 is 1.83 bits per heavy atom. The third kappa shape index (κ3) is 2.38. The van der Waals surface area contributed by atoms with E-state index < -0.39 is 11.7 Å². The normalized spacial score (nSPS) is 11.8. The first-order valence-corrected chi connectivity index (χ1v) is 5.16. The molecule has 0 atom stereocenters. The number of benzene rings is 1. The number of aliphatic hydroxyl groups is 1. The van der Waals surface area contributed by atoms with Gasteiger partial charge in [-0.2, -0.15) is 13.2 Å². The Labute approximate surface area is 101 Å². The van der Waals surface area contributed by atoms with Crippen molar-refractivity contribution in [3.05, 3.63) is 41.5 Å². The van der Waals surface area contributed by atoms with Crippen LogP contribution in [0.1, 0.15) is 17.2 Å². The summed E-state index contributed by atoms with van der Waals surface area (Å²) in [6.07, 6.45) is -4.35. The number of aromatic nitrogens is 1. The van der Waals surface area contributed by atoms with Crippen LogP contribution >= 0.6 is 0 Å². The Morgan fingerprint density at radius 1 is 1.22 bits per heavy atom. The molecule has 0 radical (unpaired) electrons. The van der Waals surface area contributed by atoms with E-state index in [1.165, 1.54) is 12.1 Å². The summed E-state index contributed by atoms with van der Waals surface area (Å²) in [5.74, 6) is 0.598. The molecular formula is C12H10F3NO2. The number of halogens is 3. The van der Waals surface area contributed by atoms with E-state index in [1.54, 1.807) is 6.92 Å². The first-order valence-electron chi connectivity index (χ1n) is 5.16. The summed E-state index contributed by atoms with van der Waals surface area (Å²) in [4.78, 5) is 3.99. The fourth-order valence-electron chi connectivity index (χ4n) is 1.60. The summed E-state index contributed by atoms with van der Waals surface area (Å²) >= 11 is 0. The van der Waals surface area contributed by atoms with Crippen LogP contribution in [-0.2, 0) is 12.8 Å². The van der Waals surface area contributed by atoms with Gasteiger partial charge in [0.05, 0.1) is 5.56 Å². The topological polar surface area (TPSA) is 46.3 Å². The van der Waals surface area contributed by atoms with Crippen LogP contribution in [0.2, 0.25) is 0 Å². The molecule has 1 N–H and O–H groups in total. The highest BCUT2D eigenvalue weighted by Gasteiger charge is 2.30. The molecular weight excluding hydrogens is 247 g/mol. The second kappa shape index (κ2) is 4.45. The lowest BCUT2D eigenvalue weighted by molar-refractivity contribution is -0.137. The first kappa shape index (κ1) is 12.6. The number of hydrogen-bond donors (Lipinski definition) is 1. The minimum Gasteiger partial charge on any atom is -0.443 e. The van der Waals surface area contributed by atoms with Gasteiger partial charge in [-0.25, -0.2) is 4.98 Å². The van der Waals surface area contributed by atoms with Gasteiger partial charge in [0.2, 0.25) is 5.89 Å². The Morgan fingerprint density at radius 3 is 2.28 bits per heavy atom. The molecule has 1 heterocycles. The molecule has 0 aliphatic carbocycles. The third-order valence-electron chi connectivity index (χ3n) is 2.46.